The zero-order chi connectivity index (χ0) is 24.4. The number of aromatic nitrogens is 2. The lowest BCUT2D eigenvalue weighted by Crippen LogP contribution is -2.16. The molecule has 1 aliphatic rings. The lowest BCUT2D eigenvalue weighted by Gasteiger charge is -2.23. The van der Waals surface area contributed by atoms with Gasteiger partial charge in [-0.2, -0.15) is 15.5 Å². The molecule has 0 bridgehead atoms. The molecule has 1 saturated carbocycles. The number of fused-ring (bicyclic) bond motifs is 1. The fourth-order valence-electron chi connectivity index (χ4n) is 4.22. The molecule has 3 aromatic rings. The average molecular weight is 457 g/mol. The standard InChI is InChI=1S/C26H28N6O2/c1-5-16-11-17(12-20-22(14-28)30-31-26(33)24(16)20)15(2)25(32(4)29-3)19-7-6-8-23(21(19)13-27)34-18-9-10-18/h6-8,11-12,18H,3,5,9-10,14,28H2,1-2,4H3,(H,31,33)/b25-15+. The van der Waals surface area contributed by atoms with Crippen LogP contribution in [0.2, 0.25) is 0 Å². The van der Waals surface area contributed by atoms with E-state index in [2.05, 4.69) is 28.1 Å². The predicted molar refractivity (Wildman–Crippen MR) is 134 cm³/mol. The van der Waals surface area contributed by atoms with Crippen LogP contribution in [0, 0.1) is 11.3 Å². The monoisotopic (exact) mass is 456 g/mol. The Kier molecular flexibility index (Phi) is 6.48. The van der Waals surface area contributed by atoms with Crippen LogP contribution >= 0.6 is 0 Å². The number of rotatable bonds is 8. The van der Waals surface area contributed by atoms with Crippen molar-refractivity contribution in [3.63, 3.8) is 0 Å². The second-order valence-electron chi connectivity index (χ2n) is 8.36. The molecular formula is C26H28N6O2. The Morgan fingerprint density at radius 2 is 2.18 bits per heavy atom. The second kappa shape index (κ2) is 9.49. The van der Waals surface area contributed by atoms with E-state index in [1.807, 2.05) is 44.2 Å². The van der Waals surface area contributed by atoms with Gasteiger partial charge in [0.25, 0.3) is 5.56 Å². The zero-order valence-electron chi connectivity index (χ0n) is 19.7. The van der Waals surface area contributed by atoms with Crippen LogP contribution < -0.4 is 16.0 Å². The minimum atomic E-state index is -0.237. The fourth-order valence-corrected chi connectivity index (χ4v) is 4.22. The molecule has 1 fully saturated rings. The summed E-state index contributed by atoms with van der Waals surface area (Å²) in [5.41, 5.74) is 10.8. The number of nitrogens with one attached hydrogen (secondary N) is 1. The minimum absolute atomic E-state index is 0.166. The van der Waals surface area contributed by atoms with Crippen LogP contribution in [0.5, 0.6) is 5.75 Å². The van der Waals surface area contributed by atoms with Gasteiger partial charge in [-0.3, -0.25) is 9.80 Å². The Balaban J connectivity index is 2.00. The first-order valence-electron chi connectivity index (χ1n) is 11.3. The lowest BCUT2D eigenvalue weighted by molar-refractivity contribution is 0.302. The van der Waals surface area contributed by atoms with Crippen molar-refractivity contribution >= 4 is 28.8 Å². The van der Waals surface area contributed by atoms with Crippen molar-refractivity contribution < 1.29 is 4.74 Å². The number of ether oxygens (including phenoxy) is 1. The molecule has 0 spiro atoms. The van der Waals surface area contributed by atoms with Crippen LogP contribution in [-0.2, 0) is 13.0 Å². The molecule has 0 radical (unpaired) electrons. The topological polar surface area (TPSA) is 120 Å². The fraction of sp³-hybridized carbons (Fsp3) is 0.308. The van der Waals surface area contributed by atoms with E-state index in [-0.39, 0.29) is 18.2 Å². The summed E-state index contributed by atoms with van der Waals surface area (Å²) in [4.78, 5) is 12.6. The van der Waals surface area contributed by atoms with E-state index in [0.29, 0.717) is 34.4 Å². The first-order valence-corrected chi connectivity index (χ1v) is 11.3. The summed E-state index contributed by atoms with van der Waals surface area (Å²) in [5.74, 6) is 0.569. The summed E-state index contributed by atoms with van der Waals surface area (Å²) in [5, 5.41) is 23.8. The van der Waals surface area contributed by atoms with E-state index < -0.39 is 0 Å². The van der Waals surface area contributed by atoms with Gasteiger partial charge in [-0.25, -0.2) is 5.10 Å². The van der Waals surface area contributed by atoms with Gasteiger partial charge in [0.2, 0.25) is 0 Å². The first kappa shape index (κ1) is 23.2. The van der Waals surface area contributed by atoms with Crippen molar-refractivity contribution in [3.8, 4) is 11.8 Å². The number of benzene rings is 2. The maximum atomic E-state index is 12.6. The highest BCUT2D eigenvalue weighted by Gasteiger charge is 2.26. The summed E-state index contributed by atoms with van der Waals surface area (Å²) in [6.45, 7) is 7.87. The molecule has 1 aliphatic carbocycles. The SMILES string of the molecule is C=NN(C)/C(=C(\C)c1cc(CC)c2c(=O)[nH]nc(CN)c2c1)c1cccc(OC2CC2)c1C#N. The molecular weight excluding hydrogens is 428 g/mol. The Labute approximate surface area is 198 Å². The second-order valence-corrected chi connectivity index (χ2v) is 8.36. The summed E-state index contributed by atoms with van der Waals surface area (Å²) in [6, 6.07) is 11.8. The predicted octanol–water partition coefficient (Wildman–Crippen LogP) is 3.79. The van der Waals surface area contributed by atoms with Crippen molar-refractivity contribution in [3.05, 3.63) is 68.6 Å². The van der Waals surface area contributed by atoms with Crippen LogP contribution in [0.25, 0.3) is 22.0 Å². The number of H-pyrrole nitrogens is 1. The number of aryl methyl sites for hydroxylation is 1. The summed E-state index contributed by atoms with van der Waals surface area (Å²) in [7, 11) is 1.79. The lowest BCUT2D eigenvalue weighted by atomic mass is 9.92. The molecule has 4 rings (SSSR count). The van der Waals surface area contributed by atoms with Gasteiger partial charge in [0, 0.05) is 31.3 Å². The third-order valence-electron chi connectivity index (χ3n) is 6.16. The molecule has 2 aromatic carbocycles. The third-order valence-corrected chi connectivity index (χ3v) is 6.16. The Bertz CT molecular complexity index is 1390. The van der Waals surface area contributed by atoms with Gasteiger partial charge < -0.3 is 10.5 Å². The Morgan fingerprint density at radius 3 is 2.79 bits per heavy atom. The van der Waals surface area contributed by atoms with Gasteiger partial charge in [-0.15, -0.1) is 0 Å². The number of nitriles is 1. The molecule has 1 aromatic heterocycles. The average Bonchev–Trinajstić information content (AvgIpc) is 3.67. The minimum Gasteiger partial charge on any atom is -0.489 e. The first-order chi connectivity index (χ1) is 16.4. The quantitative estimate of drug-likeness (QED) is 0.302. The molecule has 0 unspecified atom stereocenters. The van der Waals surface area contributed by atoms with Crippen molar-refractivity contribution in [1.82, 2.24) is 15.2 Å². The van der Waals surface area contributed by atoms with Crippen molar-refractivity contribution in [2.75, 3.05) is 7.05 Å². The van der Waals surface area contributed by atoms with E-state index in [4.69, 9.17) is 10.5 Å². The van der Waals surface area contributed by atoms with Crippen LogP contribution in [0.1, 0.15) is 54.6 Å². The number of hydrogen-bond donors (Lipinski definition) is 2. The normalized spacial score (nSPS) is 13.9. The zero-order valence-corrected chi connectivity index (χ0v) is 19.7. The van der Waals surface area contributed by atoms with Gasteiger partial charge in [0.15, 0.2) is 0 Å². The molecule has 174 valence electrons. The maximum Gasteiger partial charge on any atom is 0.272 e. The highest BCUT2D eigenvalue weighted by atomic mass is 16.5. The highest BCUT2D eigenvalue weighted by Crippen LogP contribution is 2.37. The summed E-state index contributed by atoms with van der Waals surface area (Å²) in [6.07, 6.45) is 2.82. The number of hydrazone groups is 1. The van der Waals surface area contributed by atoms with E-state index in [0.717, 1.165) is 40.6 Å². The molecule has 34 heavy (non-hydrogen) atoms. The van der Waals surface area contributed by atoms with Gasteiger partial charge in [-0.1, -0.05) is 25.1 Å². The summed E-state index contributed by atoms with van der Waals surface area (Å²) >= 11 is 0. The number of allylic oxidation sites excluding steroid dienone is 1. The van der Waals surface area contributed by atoms with Crippen LogP contribution in [-0.4, -0.2) is 35.1 Å². The smallest absolute Gasteiger partial charge is 0.272 e. The third kappa shape index (κ3) is 4.18. The van der Waals surface area contributed by atoms with Crippen LogP contribution in [0.15, 0.2) is 40.2 Å². The molecule has 8 heteroatoms. The molecule has 3 N–H and O–H groups in total. The van der Waals surface area contributed by atoms with Crippen molar-refractivity contribution in [2.24, 2.45) is 10.8 Å². The van der Waals surface area contributed by atoms with Crippen molar-refractivity contribution in [2.45, 2.75) is 45.8 Å². The largest absolute Gasteiger partial charge is 0.489 e. The van der Waals surface area contributed by atoms with E-state index >= 15 is 0 Å². The summed E-state index contributed by atoms with van der Waals surface area (Å²) < 4.78 is 6.00. The van der Waals surface area contributed by atoms with Gasteiger partial charge >= 0.3 is 0 Å². The van der Waals surface area contributed by atoms with Gasteiger partial charge in [0.05, 0.1) is 22.9 Å². The van der Waals surface area contributed by atoms with E-state index in [9.17, 15) is 10.1 Å². The number of nitrogens with zero attached hydrogens (tertiary/aromatic N) is 4. The van der Waals surface area contributed by atoms with Gasteiger partial charge in [0.1, 0.15) is 17.4 Å². The van der Waals surface area contributed by atoms with E-state index in [1.54, 1.807) is 12.1 Å². The Morgan fingerprint density at radius 1 is 1.41 bits per heavy atom. The molecule has 8 nitrogen and oxygen atoms in total. The molecule has 1 heterocycles. The maximum absolute atomic E-state index is 12.6. The molecule has 0 atom stereocenters. The number of hydrogen-bond acceptors (Lipinski definition) is 7. The van der Waals surface area contributed by atoms with E-state index in [1.165, 1.54) is 0 Å². The molecule has 0 saturated heterocycles. The van der Waals surface area contributed by atoms with Gasteiger partial charge in [-0.05, 0) is 55.0 Å². The van der Waals surface area contributed by atoms with Crippen molar-refractivity contribution in [1.29, 1.82) is 5.26 Å². The molecule has 0 aliphatic heterocycles. The number of aromatic amines is 1. The van der Waals surface area contributed by atoms with Crippen LogP contribution in [0.4, 0.5) is 0 Å². The molecule has 0 amide bonds. The Hall–Kier alpha value is -3.96. The highest BCUT2D eigenvalue weighted by molar-refractivity contribution is 5.96. The van der Waals surface area contributed by atoms with Crippen LogP contribution in [0.3, 0.4) is 0 Å². The number of nitrogens with two attached hydrogens (primary N) is 1.